The van der Waals surface area contributed by atoms with E-state index in [-0.39, 0.29) is 44.7 Å². The molecule has 1 aliphatic rings. The Kier molecular flexibility index (Phi) is 14.8. The normalized spacial score (nSPS) is 15.5. The highest BCUT2D eigenvalue weighted by atomic mass is 32.2. The number of ether oxygens (including phenoxy) is 1. The van der Waals surface area contributed by atoms with Crippen LogP contribution in [-0.2, 0) is 52.7 Å². The average Bonchev–Trinajstić information content (AvgIpc) is 3.89. The number of rotatable bonds is 12. The van der Waals surface area contributed by atoms with Crippen LogP contribution in [0.3, 0.4) is 0 Å². The molecule has 19 heteroatoms. The summed E-state index contributed by atoms with van der Waals surface area (Å²) in [5, 5.41) is 43.7. The third kappa shape index (κ3) is 10.9. The molecule has 2 amide bonds. The molecule has 1 saturated heterocycles. The minimum Gasteiger partial charge on any atom is -0.389 e. The number of hydrogen-bond donors (Lipinski definition) is 6. The Balaban J connectivity index is 0.000000222. The molecule has 6 aromatic rings. The first-order valence-electron chi connectivity index (χ1n) is 20.8. The Hall–Kier alpha value is -6.42. The second-order valence-corrected chi connectivity index (χ2v) is 21.7. The number of sulfone groups is 2. The number of halogens is 1. The van der Waals surface area contributed by atoms with Gasteiger partial charge in [0.15, 0.2) is 29.2 Å². The SMILES string of the molecule is C[C@@H](O)c1ccc(C#Cc2ccc3c(cnn3CC[C@](C)(C(=O)NO)S(C)(=O)=O)c2)cc1.C[C@@](CCn1ccc2cc(C#Cc3ccc(C4(O)COC4)cc3)c(F)cc21)(C(=O)NO)S(C)(=O)=O. The fourth-order valence-corrected chi connectivity index (χ4v) is 8.81. The molecule has 3 atom stereocenters. The first-order valence-corrected chi connectivity index (χ1v) is 24.6. The third-order valence-corrected chi connectivity index (χ3v) is 16.2. The predicted octanol–water partition coefficient (Wildman–Crippen LogP) is 4.29. The molecule has 6 N–H and O–H groups in total. The Morgan fingerprint density at radius 3 is 1.85 bits per heavy atom. The monoisotopic (exact) mass is 955 g/mol. The highest BCUT2D eigenvalue weighted by Crippen LogP contribution is 2.30. The fraction of sp³-hybridized carbons (Fsp3) is 0.312. The number of carbonyl (C=O) groups excluding carboxylic acids is 2. The van der Waals surface area contributed by atoms with Crippen molar-refractivity contribution in [2.75, 3.05) is 25.7 Å². The van der Waals surface area contributed by atoms with Gasteiger partial charge in [-0.05, 0) is 105 Å². The largest absolute Gasteiger partial charge is 0.389 e. The molecule has 0 saturated carbocycles. The number of aliphatic hydroxyl groups excluding tert-OH is 1. The number of hydrogen-bond acceptors (Lipinski definition) is 12. The molecule has 0 aliphatic carbocycles. The zero-order valence-corrected chi connectivity index (χ0v) is 38.9. The predicted molar refractivity (Wildman–Crippen MR) is 247 cm³/mol. The van der Waals surface area contributed by atoms with E-state index in [1.165, 1.54) is 30.9 Å². The highest BCUT2D eigenvalue weighted by molar-refractivity contribution is 7.93. The Morgan fingerprint density at radius 1 is 0.776 bits per heavy atom. The third-order valence-electron chi connectivity index (χ3n) is 12.1. The van der Waals surface area contributed by atoms with E-state index >= 15 is 0 Å². The van der Waals surface area contributed by atoms with Crippen LogP contribution in [0, 0.1) is 29.5 Å². The lowest BCUT2D eigenvalue weighted by molar-refractivity contribution is -0.184. The van der Waals surface area contributed by atoms with Crippen molar-refractivity contribution in [1.82, 2.24) is 25.3 Å². The van der Waals surface area contributed by atoms with Gasteiger partial charge >= 0.3 is 0 Å². The lowest BCUT2D eigenvalue weighted by atomic mass is 9.91. The Bertz CT molecular complexity index is 3180. The van der Waals surface area contributed by atoms with Gasteiger partial charge in [0.2, 0.25) is 0 Å². The quantitative estimate of drug-likeness (QED) is 0.0573. The maximum absolute atomic E-state index is 14.8. The maximum atomic E-state index is 14.8. The van der Waals surface area contributed by atoms with Crippen molar-refractivity contribution in [2.24, 2.45) is 0 Å². The molecular formula is C48H50FN5O11S2. The van der Waals surface area contributed by atoms with Crippen molar-refractivity contribution in [1.29, 1.82) is 0 Å². The number of amides is 2. The van der Waals surface area contributed by atoms with Crippen LogP contribution in [-0.4, -0.2) is 98.8 Å². The smallest absolute Gasteiger partial charge is 0.264 e. The summed E-state index contributed by atoms with van der Waals surface area (Å²) in [6.07, 6.45) is 4.52. The van der Waals surface area contributed by atoms with Crippen LogP contribution in [0.5, 0.6) is 0 Å². The number of hydroxylamine groups is 2. The van der Waals surface area contributed by atoms with Crippen molar-refractivity contribution in [3.05, 3.63) is 137 Å². The van der Waals surface area contributed by atoms with Gasteiger partial charge in [0.1, 0.15) is 11.4 Å². The molecule has 4 aromatic carbocycles. The summed E-state index contributed by atoms with van der Waals surface area (Å²) in [4.78, 5) is 24.0. The van der Waals surface area contributed by atoms with Crippen molar-refractivity contribution in [3.63, 3.8) is 0 Å². The van der Waals surface area contributed by atoms with Crippen LogP contribution in [0.2, 0.25) is 0 Å². The summed E-state index contributed by atoms with van der Waals surface area (Å²) in [6.45, 7) is 5.01. The van der Waals surface area contributed by atoms with E-state index in [0.29, 0.717) is 16.5 Å². The minimum absolute atomic E-state index is 0.0565. The van der Waals surface area contributed by atoms with Gasteiger partial charge in [-0.2, -0.15) is 5.10 Å². The number of benzene rings is 4. The number of aliphatic hydroxyl groups is 2. The lowest BCUT2D eigenvalue weighted by Gasteiger charge is -2.36. The van der Waals surface area contributed by atoms with E-state index in [4.69, 9.17) is 15.2 Å². The summed E-state index contributed by atoms with van der Waals surface area (Å²) >= 11 is 0. The zero-order valence-electron chi connectivity index (χ0n) is 37.2. The first-order chi connectivity index (χ1) is 31.5. The van der Waals surface area contributed by atoms with Crippen LogP contribution < -0.4 is 11.0 Å². The molecule has 16 nitrogen and oxygen atoms in total. The van der Waals surface area contributed by atoms with Gasteiger partial charge < -0.3 is 19.5 Å². The van der Waals surface area contributed by atoms with Gasteiger partial charge in [-0.25, -0.2) is 32.2 Å². The van der Waals surface area contributed by atoms with Crippen molar-refractivity contribution in [3.8, 4) is 23.7 Å². The molecule has 67 heavy (non-hydrogen) atoms. The van der Waals surface area contributed by atoms with Crippen LogP contribution in [0.1, 0.15) is 73.1 Å². The van der Waals surface area contributed by atoms with Gasteiger partial charge in [-0.1, -0.05) is 47.9 Å². The molecule has 352 valence electrons. The first kappa shape index (κ1) is 50.0. The van der Waals surface area contributed by atoms with Crippen molar-refractivity contribution in [2.45, 2.75) is 67.9 Å². The van der Waals surface area contributed by atoms with Crippen LogP contribution in [0.25, 0.3) is 21.8 Å². The molecule has 1 fully saturated rings. The van der Waals surface area contributed by atoms with Gasteiger partial charge in [-0.3, -0.25) is 24.7 Å². The van der Waals surface area contributed by atoms with E-state index in [1.807, 2.05) is 42.5 Å². The van der Waals surface area contributed by atoms with E-state index < -0.39 is 58.5 Å². The molecule has 2 aromatic heterocycles. The molecule has 0 radical (unpaired) electrons. The summed E-state index contributed by atoms with van der Waals surface area (Å²) in [5.41, 5.74) is 7.25. The van der Waals surface area contributed by atoms with E-state index in [2.05, 4.69) is 28.8 Å². The van der Waals surface area contributed by atoms with Crippen LogP contribution in [0.4, 0.5) is 4.39 Å². The van der Waals surface area contributed by atoms with Gasteiger partial charge in [-0.15, -0.1) is 0 Å². The van der Waals surface area contributed by atoms with Crippen LogP contribution in [0.15, 0.2) is 97.3 Å². The summed E-state index contributed by atoms with van der Waals surface area (Å²) in [6, 6.07) is 24.7. The number of aromatic nitrogens is 3. The molecule has 0 bridgehead atoms. The number of carbonyl (C=O) groups is 2. The average molecular weight is 956 g/mol. The molecular weight excluding hydrogens is 906 g/mol. The summed E-state index contributed by atoms with van der Waals surface area (Å²) < 4.78 is 68.2. The standard InChI is InChI=1S/C25H25FN2O6S.C23H25N3O5S/c1-24(23(29)27-31,35(2,32)33)10-12-28-11-9-19-13-18(21(26)14-22(19)28)6-3-17-4-7-20(8-5-17)25(30)15-34-16-25;1-16(27)19-9-6-17(7-10-19)4-5-18-8-11-21-20(14-18)15-24-26(21)13-12-23(2,22(28)25-29)32(3,30)31/h4-5,7-9,11,13-14,30-31H,10,12,15-16H2,1-2H3,(H,27,29);6-11,14-16,27,29H,12-13H2,1-3H3,(H,25,28)/t24-;16-,23-/m11/s1. The molecule has 0 unspecified atom stereocenters. The highest BCUT2D eigenvalue weighted by Gasteiger charge is 2.44. The maximum Gasteiger partial charge on any atom is 0.264 e. The number of aryl methyl sites for hydroxylation is 2. The van der Waals surface area contributed by atoms with Crippen LogP contribution >= 0.6 is 0 Å². The molecule has 1 aliphatic heterocycles. The number of nitrogens with one attached hydrogen (secondary N) is 2. The molecule has 0 spiro atoms. The van der Waals surface area contributed by atoms with Crippen molar-refractivity contribution < 1.29 is 56.2 Å². The summed E-state index contributed by atoms with van der Waals surface area (Å²) in [7, 11) is -7.61. The summed E-state index contributed by atoms with van der Waals surface area (Å²) in [5.74, 6) is 9.40. The van der Waals surface area contributed by atoms with Gasteiger partial charge in [0.05, 0.1) is 42.1 Å². The second-order valence-electron chi connectivity index (χ2n) is 16.8. The van der Waals surface area contributed by atoms with E-state index in [0.717, 1.165) is 45.7 Å². The topological polar surface area (TPSA) is 239 Å². The Morgan fingerprint density at radius 2 is 1.31 bits per heavy atom. The van der Waals surface area contributed by atoms with Gasteiger partial charge in [0, 0.05) is 59.3 Å². The number of fused-ring (bicyclic) bond motifs is 2. The Labute approximate surface area is 387 Å². The molecule has 3 heterocycles. The second kappa shape index (κ2) is 19.8. The molecule has 7 rings (SSSR count). The number of nitrogens with zero attached hydrogens (tertiary/aromatic N) is 3. The zero-order chi connectivity index (χ0) is 49.0. The van der Waals surface area contributed by atoms with E-state index in [1.54, 1.807) is 65.0 Å². The van der Waals surface area contributed by atoms with E-state index in [9.17, 15) is 41.0 Å². The van der Waals surface area contributed by atoms with Gasteiger partial charge in [0.25, 0.3) is 11.8 Å². The lowest BCUT2D eigenvalue weighted by Crippen LogP contribution is -2.49. The minimum atomic E-state index is -3.84. The fourth-order valence-electron chi connectivity index (χ4n) is 7.12. The van der Waals surface area contributed by atoms with Crippen molar-refractivity contribution >= 4 is 53.3 Å².